The summed E-state index contributed by atoms with van der Waals surface area (Å²) < 4.78 is 21.0. The van der Waals surface area contributed by atoms with Gasteiger partial charge in [-0.25, -0.2) is 4.57 Å². The number of ether oxygens (including phenoxy) is 1. The maximum absolute atomic E-state index is 10.9. The summed E-state index contributed by atoms with van der Waals surface area (Å²) in [5, 5.41) is 19.3. The topological polar surface area (TPSA) is 116 Å². The van der Waals surface area contributed by atoms with Crippen LogP contribution in [0.15, 0.2) is 0 Å². The number of hydrogen-bond donors (Lipinski definition) is 4. The van der Waals surface area contributed by atoms with E-state index in [1.165, 1.54) is 6.92 Å². The van der Waals surface area contributed by atoms with Gasteiger partial charge in [0, 0.05) is 6.42 Å². The van der Waals surface area contributed by atoms with Crippen LogP contribution >= 0.6 is 7.82 Å². The molecule has 0 amide bonds. The van der Waals surface area contributed by atoms with Crippen molar-refractivity contribution in [2.45, 2.75) is 56.6 Å². The Bertz CT molecular complexity index is 335. The molecule has 2 unspecified atom stereocenters. The van der Waals surface area contributed by atoms with Gasteiger partial charge in [-0.05, 0) is 13.3 Å². The maximum atomic E-state index is 10.9. The molecule has 0 aromatic heterocycles. The van der Waals surface area contributed by atoms with Gasteiger partial charge in [-0.3, -0.25) is 4.52 Å². The van der Waals surface area contributed by atoms with Crippen LogP contribution in [0.5, 0.6) is 0 Å². The van der Waals surface area contributed by atoms with Gasteiger partial charge in [0.05, 0.1) is 17.7 Å². The summed E-state index contributed by atoms with van der Waals surface area (Å²) in [6.45, 7) is 3.26. The van der Waals surface area contributed by atoms with Crippen LogP contribution in [0.2, 0.25) is 0 Å². The van der Waals surface area contributed by atoms with Crippen molar-refractivity contribution >= 4 is 15.7 Å². The van der Waals surface area contributed by atoms with E-state index in [-0.39, 0.29) is 6.42 Å². The molecule has 1 rings (SSSR count). The van der Waals surface area contributed by atoms with Crippen molar-refractivity contribution in [1.29, 1.82) is 0 Å². The van der Waals surface area contributed by atoms with Gasteiger partial charge in [0.1, 0.15) is 20.1 Å². The van der Waals surface area contributed by atoms with E-state index < -0.39 is 37.7 Å². The molecular formula is C9H20BO7P. The van der Waals surface area contributed by atoms with Crippen molar-refractivity contribution in [1.82, 2.24) is 0 Å². The molecule has 0 aliphatic carbocycles. The average Bonchev–Trinajstić information content (AvgIpc) is 2.44. The Labute approximate surface area is 107 Å². The lowest BCUT2D eigenvalue weighted by molar-refractivity contribution is -0.0425. The second-order valence-electron chi connectivity index (χ2n) is 4.95. The molecule has 0 spiro atoms. The fourth-order valence-electron chi connectivity index (χ4n) is 2.06. The first kappa shape index (κ1) is 16.1. The van der Waals surface area contributed by atoms with Gasteiger partial charge < -0.3 is 24.7 Å². The molecule has 4 N–H and O–H groups in total. The standard InChI is InChI=1S/C9H20BO7P/c1-3-9(2,17-18(13,14)15)4-5-6(11)7(12)8(10)16-5/h5-8,11-12H,3-4,10H2,1-2H3,(H2,13,14,15)/t5-,6?,7+,8-,9?/m1/s1. The van der Waals surface area contributed by atoms with Crippen molar-refractivity contribution in [2.75, 3.05) is 0 Å². The summed E-state index contributed by atoms with van der Waals surface area (Å²) in [4.78, 5) is 17.7. The Balaban J connectivity index is 2.72. The Kier molecular flexibility index (Phi) is 5.00. The lowest BCUT2D eigenvalue weighted by Crippen LogP contribution is -2.38. The van der Waals surface area contributed by atoms with E-state index in [0.717, 1.165) is 0 Å². The van der Waals surface area contributed by atoms with Crippen LogP contribution in [0, 0.1) is 0 Å². The van der Waals surface area contributed by atoms with Crippen molar-refractivity contribution in [2.24, 2.45) is 0 Å². The number of phosphoric acid groups is 1. The molecule has 106 valence electrons. The van der Waals surface area contributed by atoms with Crippen LogP contribution < -0.4 is 0 Å². The van der Waals surface area contributed by atoms with Crippen LogP contribution in [0.1, 0.15) is 26.7 Å². The summed E-state index contributed by atoms with van der Waals surface area (Å²) in [5.74, 6) is 0. The molecule has 1 aliphatic rings. The van der Waals surface area contributed by atoms with Crippen molar-refractivity contribution in [3.8, 4) is 0 Å². The predicted octanol–water partition coefficient (Wildman–Crippen LogP) is -1.27. The first-order chi connectivity index (χ1) is 8.08. The molecule has 18 heavy (non-hydrogen) atoms. The summed E-state index contributed by atoms with van der Waals surface area (Å²) in [6.07, 6.45) is -2.34. The number of aliphatic hydroxyl groups excluding tert-OH is 2. The molecule has 0 radical (unpaired) electrons. The van der Waals surface area contributed by atoms with E-state index in [1.807, 2.05) is 0 Å². The molecule has 0 aromatic carbocycles. The highest BCUT2D eigenvalue weighted by Crippen LogP contribution is 2.45. The third-order valence-corrected chi connectivity index (χ3v) is 4.00. The van der Waals surface area contributed by atoms with Gasteiger partial charge in [-0.1, -0.05) is 6.92 Å². The predicted molar refractivity (Wildman–Crippen MR) is 65.7 cm³/mol. The van der Waals surface area contributed by atoms with E-state index in [4.69, 9.17) is 19.0 Å². The highest BCUT2D eigenvalue weighted by Gasteiger charge is 2.44. The molecule has 0 saturated carbocycles. The van der Waals surface area contributed by atoms with Gasteiger partial charge in [0.2, 0.25) is 0 Å². The lowest BCUT2D eigenvalue weighted by atomic mass is 9.90. The Morgan fingerprint density at radius 3 is 2.28 bits per heavy atom. The molecule has 1 heterocycles. The minimum Gasteiger partial charge on any atom is -0.388 e. The maximum Gasteiger partial charge on any atom is 0.470 e. The molecule has 5 atom stereocenters. The molecular weight excluding hydrogens is 262 g/mol. The quantitative estimate of drug-likeness (QED) is 0.367. The Morgan fingerprint density at radius 2 is 1.94 bits per heavy atom. The first-order valence-corrected chi connectivity index (χ1v) is 7.39. The monoisotopic (exact) mass is 282 g/mol. The Hall–Kier alpha value is 0.0549. The van der Waals surface area contributed by atoms with Crippen LogP contribution in [0.25, 0.3) is 0 Å². The van der Waals surface area contributed by atoms with Crippen LogP contribution in [-0.4, -0.2) is 57.8 Å². The fourth-order valence-corrected chi connectivity index (χ4v) is 2.84. The van der Waals surface area contributed by atoms with Gasteiger partial charge in [-0.15, -0.1) is 0 Å². The van der Waals surface area contributed by atoms with E-state index in [2.05, 4.69) is 0 Å². The van der Waals surface area contributed by atoms with Gasteiger partial charge >= 0.3 is 7.82 Å². The molecule has 1 saturated heterocycles. The fraction of sp³-hybridized carbons (Fsp3) is 1.00. The second-order valence-corrected chi connectivity index (χ2v) is 6.11. The van der Waals surface area contributed by atoms with Crippen LogP contribution in [-0.2, 0) is 13.8 Å². The number of aliphatic hydroxyl groups is 2. The Morgan fingerprint density at radius 1 is 1.39 bits per heavy atom. The largest absolute Gasteiger partial charge is 0.470 e. The summed E-state index contributed by atoms with van der Waals surface area (Å²) in [6, 6.07) is -0.513. The van der Waals surface area contributed by atoms with Gasteiger partial charge in [-0.2, -0.15) is 0 Å². The van der Waals surface area contributed by atoms with E-state index in [0.29, 0.717) is 6.42 Å². The van der Waals surface area contributed by atoms with Crippen LogP contribution in [0.4, 0.5) is 0 Å². The SMILES string of the molecule is B[C@@H]1O[C@H](CC(C)(CC)OP(=O)(O)O)C(O)[C@@H]1O. The number of hydrogen-bond acceptors (Lipinski definition) is 5. The zero-order valence-corrected chi connectivity index (χ0v) is 11.6. The number of phosphoric ester groups is 1. The summed E-state index contributed by atoms with van der Waals surface area (Å²) >= 11 is 0. The minimum absolute atomic E-state index is 0.0944. The molecule has 9 heteroatoms. The minimum atomic E-state index is -4.61. The molecule has 0 bridgehead atoms. The van der Waals surface area contributed by atoms with Crippen molar-refractivity contribution in [3.05, 3.63) is 0 Å². The van der Waals surface area contributed by atoms with E-state index in [9.17, 15) is 14.8 Å². The molecule has 1 aliphatic heterocycles. The zero-order valence-electron chi connectivity index (χ0n) is 10.7. The second kappa shape index (κ2) is 5.59. The molecule has 7 nitrogen and oxygen atoms in total. The first-order valence-electron chi connectivity index (χ1n) is 5.86. The molecule has 0 aromatic rings. The number of rotatable bonds is 5. The van der Waals surface area contributed by atoms with Gasteiger partial charge in [0.15, 0.2) is 0 Å². The lowest BCUT2D eigenvalue weighted by Gasteiger charge is -2.31. The summed E-state index contributed by atoms with van der Waals surface area (Å²) in [5.41, 5.74) is -1.12. The zero-order chi connectivity index (χ0) is 14.1. The highest BCUT2D eigenvalue weighted by atomic mass is 31.2. The third-order valence-electron chi connectivity index (χ3n) is 3.32. The highest BCUT2D eigenvalue weighted by molar-refractivity contribution is 7.46. The summed E-state index contributed by atoms with van der Waals surface area (Å²) in [7, 11) is -2.98. The van der Waals surface area contributed by atoms with Crippen molar-refractivity contribution < 1.29 is 33.8 Å². The van der Waals surface area contributed by atoms with E-state index >= 15 is 0 Å². The van der Waals surface area contributed by atoms with Crippen LogP contribution in [0.3, 0.4) is 0 Å². The average molecular weight is 282 g/mol. The molecule has 1 fully saturated rings. The van der Waals surface area contributed by atoms with Crippen molar-refractivity contribution in [3.63, 3.8) is 0 Å². The normalized spacial score (nSPS) is 36.6. The van der Waals surface area contributed by atoms with E-state index in [1.54, 1.807) is 14.8 Å². The van der Waals surface area contributed by atoms with Gasteiger partial charge in [0.25, 0.3) is 0 Å². The third kappa shape index (κ3) is 4.03. The smallest absolute Gasteiger partial charge is 0.388 e.